The highest BCUT2D eigenvalue weighted by Crippen LogP contribution is 2.30. The fraction of sp³-hybridized carbons (Fsp3) is 0.0526. The monoisotopic (exact) mass is 371 g/mol. The highest BCUT2D eigenvalue weighted by molar-refractivity contribution is 6.44. The third kappa shape index (κ3) is 3.92. The van der Waals surface area contributed by atoms with E-state index < -0.39 is 0 Å². The predicted molar refractivity (Wildman–Crippen MR) is 103 cm³/mol. The molecule has 0 saturated carbocycles. The standard InChI is InChI=1S/C19H15Cl2N3O/c1-24(13-6-3-2-4-7-13)14-10-11-22-17(12-14)19(25)23-16-9-5-8-15(20)18(16)21/h2-12H,1H3,(H,23,25). The molecule has 0 aliphatic heterocycles. The molecular weight excluding hydrogens is 357 g/mol. The zero-order chi connectivity index (χ0) is 17.8. The Hall–Kier alpha value is -2.56. The van der Waals surface area contributed by atoms with Crippen molar-refractivity contribution in [2.75, 3.05) is 17.3 Å². The molecule has 3 rings (SSSR count). The lowest BCUT2D eigenvalue weighted by Crippen LogP contribution is -2.16. The molecular formula is C19H15Cl2N3O. The molecule has 0 fully saturated rings. The highest BCUT2D eigenvalue weighted by Gasteiger charge is 2.13. The molecule has 0 aliphatic rings. The van der Waals surface area contributed by atoms with Crippen LogP contribution in [0.5, 0.6) is 0 Å². The second-order valence-corrected chi connectivity index (χ2v) is 6.13. The molecule has 0 radical (unpaired) electrons. The number of benzene rings is 2. The summed E-state index contributed by atoms with van der Waals surface area (Å²) in [4.78, 5) is 18.6. The van der Waals surface area contributed by atoms with Crippen LogP contribution in [-0.4, -0.2) is 17.9 Å². The van der Waals surface area contributed by atoms with Crippen LogP contribution < -0.4 is 10.2 Å². The first-order valence-electron chi connectivity index (χ1n) is 7.56. The molecule has 3 aromatic rings. The van der Waals surface area contributed by atoms with E-state index in [1.807, 2.05) is 48.3 Å². The van der Waals surface area contributed by atoms with Gasteiger partial charge in [-0.05, 0) is 36.4 Å². The summed E-state index contributed by atoms with van der Waals surface area (Å²) in [5, 5.41) is 3.42. The SMILES string of the molecule is CN(c1ccccc1)c1ccnc(C(=O)Nc2cccc(Cl)c2Cl)c1. The topological polar surface area (TPSA) is 45.2 Å². The van der Waals surface area contributed by atoms with Crippen molar-refractivity contribution in [2.24, 2.45) is 0 Å². The van der Waals surface area contributed by atoms with Crippen LogP contribution >= 0.6 is 23.2 Å². The second-order valence-electron chi connectivity index (χ2n) is 5.35. The van der Waals surface area contributed by atoms with Crippen LogP contribution in [0, 0.1) is 0 Å². The summed E-state index contributed by atoms with van der Waals surface area (Å²) < 4.78 is 0. The number of pyridine rings is 1. The number of carbonyl (C=O) groups is 1. The quantitative estimate of drug-likeness (QED) is 0.666. The van der Waals surface area contributed by atoms with Crippen molar-refractivity contribution >= 4 is 46.2 Å². The lowest BCUT2D eigenvalue weighted by atomic mass is 10.2. The third-order valence-electron chi connectivity index (χ3n) is 3.71. The molecule has 1 aromatic heterocycles. The van der Waals surface area contributed by atoms with Gasteiger partial charge in [-0.2, -0.15) is 0 Å². The Balaban J connectivity index is 1.83. The molecule has 0 unspecified atom stereocenters. The minimum atomic E-state index is -0.354. The molecule has 1 N–H and O–H groups in total. The first-order valence-corrected chi connectivity index (χ1v) is 8.32. The van der Waals surface area contributed by atoms with Gasteiger partial charge in [-0.1, -0.05) is 47.5 Å². The molecule has 1 amide bonds. The molecule has 2 aromatic carbocycles. The van der Waals surface area contributed by atoms with Crippen LogP contribution in [-0.2, 0) is 0 Å². The van der Waals surface area contributed by atoms with Crippen LogP contribution in [0.1, 0.15) is 10.5 Å². The number of rotatable bonds is 4. The average Bonchev–Trinajstić information content (AvgIpc) is 2.65. The second kappa shape index (κ2) is 7.55. The van der Waals surface area contributed by atoms with Crippen molar-refractivity contribution in [3.63, 3.8) is 0 Å². The Morgan fingerprint density at radius 2 is 1.76 bits per heavy atom. The van der Waals surface area contributed by atoms with Gasteiger partial charge in [0.05, 0.1) is 15.7 Å². The van der Waals surface area contributed by atoms with Gasteiger partial charge in [0.2, 0.25) is 0 Å². The van der Waals surface area contributed by atoms with E-state index in [4.69, 9.17) is 23.2 Å². The first-order chi connectivity index (χ1) is 12.1. The van der Waals surface area contributed by atoms with E-state index in [-0.39, 0.29) is 11.6 Å². The predicted octanol–water partition coefficient (Wildman–Crippen LogP) is 5.41. The zero-order valence-electron chi connectivity index (χ0n) is 13.4. The molecule has 0 bridgehead atoms. The summed E-state index contributed by atoms with van der Waals surface area (Å²) in [6.07, 6.45) is 1.60. The smallest absolute Gasteiger partial charge is 0.274 e. The summed E-state index contributed by atoms with van der Waals surface area (Å²) in [5.74, 6) is -0.354. The summed E-state index contributed by atoms with van der Waals surface area (Å²) >= 11 is 12.1. The number of anilines is 3. The Labute approximate surface area is 156 Å². The maximum atomic E-state index is 12.5. The molecule has 4 nitrogen and oxygen atoms in total. The van der Waals surface area contributed by atoms with Gasteiger partial charge in [0.15, 0.2) is 0 Å². The number of halogens is 2. The minimum absolute atomic E-state index is 0.288. The van der Waals surface area contributed by atoms with E-state index in [2.05, 4.69) is 10.3 Å². The largest absolute Gasteiger partial charge is 0.345 e. The average molecular weight is 372 g/mol. The van der Waals surface area contributed by atoms with E-state index in [0.29, 0.717) is 15.7 Å². The van der Waals surface area contributed by atoms with E-state index in [0.717, 1.165) is 11.4 Å². The van der Waals surface area contributed by atoms with Crippen molar-refractivity contribution in [1.29, 1.82) is 0 Å². The van der Waals surface area contributed by atoms with Gasteiger partial charge < -0.3 is 10.2 Å². The van der Waals surface area contributed by atoms with Crippen molar-refractivity contribution in [2.45, 2.75) is 0 Å². The molecule has 25 heavy (non-hydrogen) atoms. The fourth-order valence-electron chi connectivity index (χ4n) is 2.34. The van der Waals surface area contributed by atoms with Crippen LogP contribution in [0.15, 0.2) is 66.9 Å². The Kier molecular flexibility index (Phi) is 5.22. The van der Waals surface area contributed by atoms with Crippen molar-refractivity contribution in [3.05, 3.63) is 82.6 Å². The van der Waals surface area contributed by atoms with Crippen LogP contribution in [0.2, 0.25) is 10.0 Å². The van der Waals surface area contributed by atoms with Gasteiger partial charge in [0.1, 0.15) is 5.69 Å². The molecule has 0 spiro atoms. The highest BCUT2D eigenvalue weighted by atomic mass is 35.5. The van der Waals surface area contributed by atoms with Gasteiger partial charge in [0.25, 0.3) is 5.91 Å². The van der Waals surface area contributed by atoms with Crippen LogP contribution in [0.3, 0.4) is 0 Å². The molecule has 0 saturated heterocycles. The number of nitrogens with one attached hydrogen (secondary N) is 1. The third-order valence-corrected chi connectivity index (χ3v) is 4.53. The molecule has 0 aliphatic carbocycles. The number of hydrogen-bond donors (Lipinski definition) is 1. The number of aromatic nitrogens is 1. The lowest BCUT2D eigenvalue weighted by molar-refractivity contribution is 0.102. The minimum Gasteiger partial charge on any atom is -0.345 e. The van der Waals surface area contributed by atoms with E-state index in [9.17, 15) is 4.79 Å². The van der Waals surface area contributed by atoms with Crippen LogP contribution in [0.25, 0.3) is 0 Å². The number of hydrogen-bond acceptors (Lipinski definition) is 3. The fourth-order valence-corrected chi connectivity index (χ4v) is 2.69. The Morgan fingerprint density at radius 1 is 1.00 bits per heavy atom. The summed E-state index contributed by atoms with van der Waals surface area (Å²) in [6.45, 7) is 0. The lowest BCUT2D eigenvalue weighted by Gasteiger charge is -2.19. The molecule has 0 atom stereocenters. The van der Waals surface area contributed by atoms with E-state index >= 15 is 0 Å². The molecule has 126 valence electrons. The summed E-state index contributed by atoms with van der Waals surface area (Å²) in [7, 11) is 1.93. The van der Waals surface area contributed by atoms with Crippen molar-refractivity contribution in [3.8, 4) is 0 Å². The number of amides is 1. The van der Waals surface area contributed by atoms with Gasteiger partial charge in [0, 0.05) is 24.6 Å². The first kappa shape index (κ1) is 17.3. The Morgan fingerprint density at radius 3 is 2.52 bits per heavy atom. The number of para-hydroxylation sites is 1. The van der Waals surface area contributed by atoms with Gasteiger partial charge in [-0.15, -0.1) is 0 Å². The van der Waals surface area contributed by atoms with Gasteiger partial charge in [-0.3, -0.25) is 9.78 Å². The summed E-state index contributed by atoms with van der Waals surface area (Å²) in [5.41, 5.74) is 2.60. The zero-order valence-corrected chi connectivity index (χ0v) is 14.9. The normalized spacial score (nSPS) is 10.4. The van der Waals surface area contributed by atoms with E-state index in [1.165, 1.54) is 0 Å². The summed E-state index contributed by atoms with van der Waals surface area (Å²) in [6, 6.07) is 18.5. The van der Waals surface area contributed by atoms with Crippen molar-refractivity contribution < 1.29 is 4.79 Å². The van der Waals surface area contributed by atoms with Gasteiger partial charge >= 0.3 is 0 Å². The van der Waals surface area contributed by atoms with E-state index in [1.54, 1.807) is 30.5 Å². The van der Waals surface area contributed by atoms with Crippen LogP contribution in [0.4, 0.5) is 17.1 Å². The molecule has 1 heterocycles. The number of nitrogens with zero attached hydrogens (tertiary/aromatic N) is 2. The maximum Gasteiger partial charge on any atom is 0.274 e. The van der Waals surface area contributed by atoms with Crippen molar-refractivity contribution in [1.82, 2.24) is 4.98 Å². The number of carbonyl (C=O) groups excluding carboxylic acids is 1. The van der Waals surface area contributed by atoms with Gasteiger partial charge in [-0.25, -0.2) is 0 Å². The Bertz CT molecular complexity index is 900. The maximum absolute atomic E-state index is 12.5. The molecule has 6 heteroatoms.